The molecule has 1 unspecified atom stereocenters. The molecule has 1 heterocycles. The molecule has 3 rings (SSSR count). The van der Waals surface area contributed by atoms with Gasteiger partial charge in [0.2, 0.25) is 0 Å². The Bertz CT molecular complexity index is 598. The first-order valence-electron chi connectivity index (χ1n) is 8.02. The number of hydrogen-bond acceptors (Lipinski definition) is 3. The second kappa shape index (κ2) is 6.07. The average molecular weight is 303 g/mol. The molecule has 0 spiro atoms. The lowest BCUT2D eigenvalue weighted by Crippen LogP contribution is -2.46. The maximum absolute atomic E-state index is 6.74. The molecule has 0 aliphatic heterocycles. The van der Waals surface area contributed by atoms with Crippen molar-refractivity contribution in [2.24, 2.45) is 11.7 Å². The van der Waals surface area contributed by atoms with Crippen molar-refractivity contribution in [3.63, 3.8) is 0 Å². The lowest BCUT2D eigenvalue weighted by molar-refractivity contribution is -0.0893. The van der Waals surface area contributed by atoms with Crippen LogP contribution in [0.2, 0.25) is 0 Å². The van der Waals surface area contributed by atoms with Gasteiger partial charge in [0.1, 0.15) is 0 Å². The molecule has 0 saturated heterocycles. The Morgan fingerprint density at radius 2 is 2.10 bits per heavy atom. The summed E-state index contributed by atoms with van der Waals surface area (Å²) in [4.78, 5) is 0. The Labute approximate surface area is 131 Å². The van der Waals surface area contributed by atoms with Gasteiger partial charge >= 0.3 is 0 Å². The van der Waals surface area contributed by atoms with Gasteiger partial charge in [-0.1, -0.05) is 25.1 Å². The Kier molecular flexibility index (Phi) is 4.34. The molecule has 2 aromatic rings. The summed E-state index contributed by atoms with van der Waals surface area (Å²) < 4.78 is 7.56. The second-order valence-corrected chi connectivity index (χ2v) is 7.26. The summed E-state index contributed by atoms with van der Waals surface area (Å²) in [7, 11) is 0. The SMILES string of the molecule is CCOC1(C(N)c2cccc3ccsc23)CCC(C)CC1. The first-order chi connectivity index (χ1) is 10.2. The number of nitrogens with two attached hydrogens (primary N) is 1. The molecule has 1 aromatic carbocycles. The zero-order valence-electron chi connectivity index (χ0n) is 13.0. The quantitative estimate of drug-likeness (QED) is 0.873. The van der Waals surface area contributed by atoms with Crippen molar-refractivity contribution >= 4 is 21.4 Å². The summed E-state index contributed by atoms with van der Waals surface area (Å²) in [5, 5.41) is 3.45. The van der Waals surface area contributed by atoms with Crippen molar-refractivity contribution < 1.29 is 4.74 Å². The minimum Gasteiger partial charge on any atom is -0.373 e. The van der Waals surface area contributed by atoms with Crippen LogP contribution < -0.4 is 5.73 Å². The van der Waals surface area contributed by atoms with Gasteiger partial charge in [0.05, 0.1) is 11.6 Å². The third-order valence-corrected chi connectivity index (χ3v) is 5.94. The zero-order valence-corrected chi connectivity index (χ0v) is 13.8. The van der Waals surface area contributed by atoms with E-state index in [4.69, 9.17) is 10.5 Å². The molecular formula is C18H25NOS. The van der Waals surface area contributed by atoms with E-state index in [0.717, 1.165) is 25.4 Å². The first-order valence-corrected chi connectivity index (χ1v) is 8.90. The standard InChI is InChI=1S/C18H25NOS/c1-3-20-18(10-7-13(2)8-11-18)17(19)15-6-4-5-14-9-12-21-16(14)15/h4-6,9,12-13,17H,3,7-8,10-11,19H2,1-2H3. The molecule has 1 aliphatic carbocycles. The predicted molar refractivity (Wildman–Crippen MR) is 90.7 cm³/mol. The number of benzene rings is 1. The molecule has 1 fully saturated rings. The number of thiophene rings is 1. The van der Waals surface area contributed by atoms with E-state index in [-0.39, 0.29) is 11.6 Å². The summed E-state index contributed by atoms with van der Waals surface area (Å²) in [6, 6.07) is 8.61. The fourth-order valence-corrected chi connectivity index (χ4v) is 4.58. The number of fused-ring (bicyclic) bond motifs is 1. The fourth-order valence-electron chi connectivity index (χ4n) is 3.63. The lowest BCUT2D eigenvalue weighted by atomic mass is 9.73. The normalized spacial score (nSPS) is 27.9. The molecule has 114 valence electrons. The highest BCUT2D eigenvalue weighted by molar-refractivity contribution is 7.17. The molecule has 3 heteroatoms. The van der Waals surface area contributed by atoms with Gasteiger partial charge in [-0.05, 0) is 60.9 Å². The van der Waals surface area contributed by atoms with Gasteiger partial charge in [0, 0.05) is 11.3 Å². The molecule has 1 aromatic heterocycles. The Hall–Kier alpha value is -0.900. The van der Waals surface area contributed by atoms with Gasteiger partial charge < -0.3 is 10.5 Å². The Morgan fingerprint density at radius 3 is 2.81 bits per heavy atom. The number of hydrogen-bond donors (Lipinski definition) is 1. The van der Waals surface area contributed by atoms with Crippen LogP contribution in [0.1, 0.15) is 51.1 Å². The van der Waals surface area contributed by atoms with Crippen LogP contribution in [0.25, 0.3) is 10.1 Å². The van der Waals surface area contributed by atoms with E-state index in [1.807, 2.05) is 0 Å². The molecule has 21 heavy (non-hydrogen) atoms. The van der Waals surface area contributed by atoms with Crippen LogP contribution in [-0.2, 0) is 4.74 Å². The van der Waals surface area contributed by atoms with Gasteiger partial charge in [-0.2, -0.15) is 0 Å². The van der Waals surface area contributed by atoms with E-state index >= 15 is 0 Å². The molecular weight excluding hydrogens is 278 g/mol. The maximum Gasteiger partial charge on any atom is 0.0874 e. The van der Waals surface area contributed by atoms with Gasteiger partial charge in [-0.3, -0.25) is 0 Å². The molecule has 0 radical (unpaired) electrons. The molecule has 1 atom stereocenters. The fraction of sp³-hybridized carbons (Fsp3) is 0.556. The zero-order chi connectivity index (χ0) is 14.9. The van der Waals surface area contributed by atoms with E-state index in [1.165, 1.54) is 28.5 Å². The van der Waals surface area contributed by atoms with Crippen LogP contribution >= 0.6 is 11.3 Å². The van der Waals surface area contributed by atoms with E-state index in [0.29, 0.717) is 0 Å². The topological polar surface area (TPSA) is 35.2 Å². The van der Waals surface area contributed by atoms with Gasteiger partial charge in [0.25, 0.3) is 0 Å². The van der Waals surface area contributed by atoms with E-state index in [1.54, 1.807) is 11.3 Å². The predicted octanol–water partition coefficient (Wildman–Crippen LogP) is 4.89. The minimum absolute atomic E-state index is 0.0349. The third-order valence-electron chi connectivity index (χ3n) is 4.96. The second-order valence-electron chi connectivity index (χ2n) is 6.34. The summed E-state index contributed by atoms with van der Waals surface area (Å²) >= 11 is 1.79. The van der Waals surface area contributed by atoms with Gasteiger partial charge in [-0.25, -0.2) is 0 Å². The summed E-state index contributed by atoms with van der Waals surface area (Å²) in [6.07, 6.45) is 4.58. The van der Waals surface area contributed by atoms with Crippen molar-refractivity contribution in [2.75, 3.05) is 6.61 Å². The highest BCUT2D eigenvalue weighted by atomic mass is 32.1. The van der Waals surface area contributed by atoms with Crippen LogP contribution in [0.15, 0.2) is 29.6 Å². The molecule has 2 N–H and O–H groups in total. The van der Waals surface area contributed by atoms with Crippen LogP contribution in [0, 0.1) is 5.92 Å². The summed E-state index contributed by atoms with van der Waals surface area (Å²) in [5.74, 6) is 0.795. The smallest absolute Gasteiger partial charge is 0.0874 e. The van der Waals surface area contributed by atoms with E-state index in [9.17, 15) is 0 Å². The Balaban J connectivity index is 1.97. The van der Waals surface area contributed by atoms with E-state index < -0.39 is 0 Å². The van der Waals surface area contributed by atoms with Crippen molar-refractivity contribution in [1.82, 2.24) is 0 Å². The first kappa shape index (κ1) is 15.0. The largest absolute Gasteiger partial charge is 0.373 e. The highest BCUT2D eigenvalue weighted by Crippen LogP contribution is 2.44. The lowest BCUT2D eigenvalue weighted by Gasteiger charge is -2.43. The number of ether oxygens (including phenoxy) is 1. The van der Waals surface area contributed by atoms with Crippen LogP contribution in [0.4, 0.5) is 0 Å². The number of rotatable bonds is 4. The van der Waals surface area contributed by atoms with Crippen molar-refractivity contribution in [3.8, 4) is 0 Å². The molecule has 2 nitrogen and oxygen atoms in total. The maximum atomic E-state index is 6.74. The summed E-state index contributed by atoms with van der Waals surface area (Å²) in [5.41, 5.74) is 7.82. The summed E-state index contributed by atoms with van der Waals surface area (Å²) in [6.45, 7) is 5.15. The van der Waals surface area contributed by atoms with Crippen LogP contribution in [0.3, 0.4) is 0 Å². The van der Waals surface area contributed by atoms with Crippen molar-refractivity contribution in [1.29, 1.82) is 0 Å². The monoisotopic (exact) mass is 303 g/mol. The van der Waals surface area contributed by atoms with Crippen molar-refractivity contribution in [2.45, 2.75) is 51.2 Å². The van der Waals surface area contributed by atoms with Crippen LogP contribution in [0.5, 0.6) is 0 Å². The Morgan fingerprint density at radius 1 is 1.33 bits per heavy atom. The average Bonchev–Trinajstić information content (AvgIpc) is 2.98. The molecule has 1 aliphatic rings. The van der Waals surface area contributed by atoms with Crippen LogP contribution in [-0.4, -0.2) is 12.2 Å². The molecule has 0 amide bonds. The molecule has 0 bridgehead atoms. The van der Waals surface area contributed by atoms with Crippen molar-refractivity contribution in [3.05, 3.63) is 35.2 Å². The van der Waals surface area contributed by atoms with Gasteiger partial charge in [-0.15, -0.1) is 11.3 Å². The third kappa shape index (κ3) is 2.75. The molecule has 1 saturated carbocycles. The minimum atomic E-state index is -0.181. The van der Waals surface area contributed by atoms with E-state index in [2.05, 4.69) is 43.5 Å². The highest BCUT2D eigenvalue weighted by Gasteiger charge is 2.41. The van der Waals surface area contributed by atoms with Gasteiger partial charge in [0.15, 0.2) is 0 Å².